The number of benzene rings is 1. The molecule has 1 amide bonds. The summed E-state index contributed by atoms with van der Waals surface area (Å²) in [4.78, 5) is 33.5. The number of aromatic nitrogens is 2. The highest BCUT2D eigenvalue weighted by molar-refractivity contribution is 7.13. The zero-order valence-electron chi connectivity index (χ0n) is 14.4. The Bertz CT molecular complexity index is 1000. The Morgan fingerprint density at radius 2 is 2.22 bits per heavy atom. The second-order valence-corrected chi connectivity index (χ2v) is 7.11. The van der Waals surface area contributed by atoms with E-state index in [0.717, 1.165) is 28.2 Å². The highest BCUT2D eigenvalue weighted by Gasteiger charge is 2.26. The minimum atomic E-state index is -0.434. The summed E-state index contributed by atoms with van der Waals surface area (Å²) in [6.45, 7) is 0.563. The van der Waals surface area contributed by atoms with Crippen LogP contribution >= 0.6 is 11.3 Å². The molecule has 0 unspecified atom stereocenters. The lowest BCUT2D eigenvalue weighted by Gasteiger charge is -2.16. The van der Waals surface area contributed by atoms with E-state index >= 15 is 0 Å². The third-order valence-corrected chi connectivity index (χ3v) is 5.47. The number of fused-ring (bicyclic) bond motifs is 1. The van der Waals surface area contributed by atoms with Gasteiger partial charge in [-0.3, -0.25) is 19.9 Å². The van der Waals surface area contributed by atoms with Crippen molar-refractivity contribution in [1.29, 1.82) is 0 Å². The Morgan fingerprint density at radius 3 is 3.00 bits per heavy atom. The van der Waals surface area contributed by atoms with E-state index in [-0.39, 0.29) is 11.6 Å². The molecule has 8 heteroatoms. The molecule has 27 heavy (non-hydrogen) atoms. The summed E-state index contributed by atoms with van der Waals surface area (Å²) in [7, 11) is 0. The number of carbonyl (C=O) groups is 1. The highest BCUT2D eigenvalue weighted by atomic mass is 32.1. The third kappa shape index (κ3) is 3.56. The lowest BCUT2D eigenvalue weighted by atomic mass is 10.1. The fraction of sp³-hybridized carbons (Fsp3) is 0.211. The Labute approximate surface area is 159 Å². The van der Waals surface area contributed by atoms with Crippen LogP contribution in [0.15, 0.2) is 48.1 Å². The molecule has 0 aliphatic carbocycles. The summed E-state index contributed by atoms with van der Waals surface area (Å²) in [6.07, 6.45) is 5.06. The van der Waals surface area contributed by atoms with E-state index in [1.807, 2.05) is 17.5 Å². The van der Waals surface area contributed by atoms with Gasteiger partial charge in [0.05, 0.1) is 16.3 Å². The molecule has 3 aromatic rings. The van der Waals surface area contributed by atoms with Gasteiger partial charge in [0.1, 0.15) is 5.01 Å². The molecule has 0 atom stereocenters. The van der Waals surface area contributed by atoms with Gasteiger partial charge < -0.3 is 4.90 Å². The van der Waals surface area contributed by atoms with Crippen molar-refractivity contribution >= 4 is 28.6 Å². The van der Waals surface area contributed by atoms with E-state index < -0.39 is 4.92 Å². The molecule has 7 nitrogen and oxygen atoms in total. The van der Waals surface area contributed by atoms with Gasteiger partial charge in [-0.1, -0.05) is 6.07 Å². The standard InChI is InChI=1S/C19H16N4O3S/c24-18(22-9-7-13-3-5-16(23(25)26)10-17(13)22)6-4-15-12-27-19(21-15)14-2-1-8-20-11-14/h1-3,5,8,10-12H,4,6-7,9H2. The molecule has 4 rings (SSSR count). The van der Waals surface area contributed by atoms with Crippen LogP contribution in [0.1, 0.15) is 17.7 Å². The Hall–Kier alpha value is -3.13. The van der Waals surface area contributed by atoms with Crippen molar-refractivity contribution in [3.8, 4) is 10.6 Å². The maximum atomic E-state index is 12.7. The van der Waals surface area contributed by atoms with E-state index in [9.17, 15) is 14.9 Å². The van der Waals surface area contributed by atoms with Crippen molar-refractivity contribution < 1.29 is 9.72 Å². The second kappa shape index (κ2) is 7.24. The van der Waals surface area contributed by atoms with Crippen LogP contribution in [0.25, 0.3) is 10.6 Å². The van der Waals surface area contributed by atoms with Gasteiger partial charge in [-0.05, 0) is 30.5 Å². The number of non-ortho nitro benzene ring substituents is 1. The maximum absolute atomic E-state index is 12.7. The molecule has 3 heterocycles. The van der Waals surface area contributed by atoms with E-state index in [1.54, 1.807) is 23.4 Å². The first-order valence-corrected chi connectivity index (χ1v) is 9.42. The van der Waals surface area contributed by atoms with Crippen molar-refractivity contribution in [1.82, 2.24) is 9.97 Å². The largest absolute Gasteiger partial charge is 0.312 e. The predicted octanol–water partition coefficient (Wildman–Crippen LogP) is 3.64. The van der Waals surface area contributed by atoms with Crippen LogP contribution in [0, 0.1) is 10.1 Å². The first-order chi connectivity index (χ1) is 13.1. The fourth-order valence-corrected chi connectivity index (χ4v) is 4.00. The molecule has 1 aliphatic rings. The second-order valence-electron chi connectivity index (χ2n) is 6.25. The zero-order valence-corrected chi connectivity index (χ0v) is 15.2. The van der Waals surface area contributed by atoms with Crippen molar-refractivity contribution in [2.45, 2.75) is 19.3 Å². The van der Waals surface area contributed by atoms with Crippen LogP contribution in [0.4, 0.5) is 11.4 Å². The molecule has 0 spiro atoms. The SMILES string of the molecule is O=C(CCc1csc(-c2cccnc2)n1)N1CCc2ccc([N+](=O)[O-])cc21. The average molecular weight is 380 g/mol. The monoisotopic (exact) mass is 380 g/mol. The molecule has 0 N–H and O–H groups in total. The van der Waals surface area contributed by atoms with Gasteiger partial charge in [-0.25, -0.2) is 4.98 Å². The number of pyridine rings is 1. The molecule has 0 bridgehead atoms. The van der Waals surface area contributed by atoms with Crippen LogP contribution < -0.4 is 4.90 Å². The number of thiazole rings is 1. The van der Waals surface area contributed by atoms with Crippen LogP contribution in [-0.2, 0) is 17.6 Å². The van der Waals surface area contributed by atoms with E-state index in [1.165, 1.54) is 23.5 Å². The van der Waals surface area contributed by atoms with Crippen LogP contribution in [0.5, 0.6) is 0 Å². The number of carbonyl (C=O) groups excluding carboxylic acids is 1. The quantitative estimate of drug-likeness (QED) is 0.498. The topological polar surface area (TPSA) is 89.2 Å². The van der Waals surface area contributed by atoms with Crippen LogP contribution in [-0.4, -0.2) is 27.3 Å². The molecule has 136 valence electrons. The molecule has 0 saturated heterocycles. The zero-order chi connectivity index (χ0) is 18.8. The minimum Gasteiger partial charge on any atom is -0.312 e. The Kier molecular flexibility index (Phi) is 4.64. The van der Waals surface area contributed by atoms with Crippen molar-refractivity contribution in [3.63, 3.8) is 0 Å². The number of hydrogen-bond acceptors (Lipinski definition) is 6. The third-order valence-electron chi connectivity index (χ3n) is 4.53. The minimum absolute atomic E-state index is 0.00839. The summed E-state index contributed by atoms with van der Waals surface area (Å²) in [5, 5.41) is 13.8. The molecular formula is C19H16N4O3S. The number of amides is 1. The van der Waals surface area contributed by atoms with Gasteiger partial charge in [0, 0.05) is 48.4 Å². The van der Waals surface area contributed by atoms with Crippen molar-refractivity contribution in [2.75, 3.05) is 11.4 Å². The summed E-state index contributed by atoms with van der Waals surface area (Å²) >= 11 is 1.53. The van der Waals surface area contributed by atoms with Gasteiger partial charge in [0.25, 0.3) is 5.69 Å². The number of nitro groups is 1. The fourth-order valence-electron chi connectivity index (χ4n) is 3.15. The first-order valence-electron chi connectivity index (χ1n) is 8.54. The Morgan fingerprint density at radius 1 is 1.33 bits per heavy atom. The van der Waals surface area contributed by atoms with Crippen LogP contribution in [0.3, 0.4) is 0 Å². The van der Waals surface area contributed by atoms with Gasteiger partial charge >= 0.3 is 0 Å². The molecule has 0 saturated carbocycles. The number of hydrogen-bond donors (Lipinski definition) is 0. The lowest BCUT2D eigenvalue weighted by Crippen LogP contribution is -2.29. The summed E-state index contributed by atoms with van der Waals surface area (Å²) < 4.78 is 0. The molecule has 2 aromatic heterocycles. The highest BCUT2D eigenvalue weighted by Crippen LogP contribution is 2.32. The normalized spacial score (nSPS) is 12.8. The van der Waals surface area contributed by atoms with Gasteiger partial charge in [-0.2, -0.15) is 0 Å². The molecule has 1 aliphatic heterocycles. The molecular weight excluding hydrogens is 364 g/mol. The average Bonchev–Trinajstić information content (AvgIpc) is 3.33. The molecule has 0 fully saturated rings. The molecule has 0 radical (unpaired) electrons. The maximum Gasteiger partial charge on any atom is 0.271 e. The lowest BCUT2D eigenvalue weighted by molar-refractivity contribution is -0.384. The summed E-state index contributed by atoms with van der Waals surface area (Å²) in [6, 6.07) is 8.53. The summed E-state index contributed by atoms with van der Waals surface area (Å²) in [5.41, 5.74) is 3.46. The summed E-state index contributed by atoms with van der Waals surface area (Å²) in [5.74, 6) is -0.0369. The predicted molar refractivity (Wildman–Crippen MR) is 103 cm³/mol. The van der Waals surface area contributed by atoms with Crippen molar-refractivity contribution in [2.24, 2.45) is 0 Å². The van der Waals surface area contributed by atoms with Gasteiger partial charge in [0.15, 0.2) is 0 Å². The van der Waals surface area contributed by atoms with Gasteiger partial charge in [0.2, 0.25) is 5.91 Å². The first kappa shape index (κ1) is 17.3. The van der Waals surface area contributed by atoms with Crippen molar-refractivity contribution in [3.05, 3.63) is 69.5 Å². The number of nitrogens with zero attached hydrogens (tertiary/aromatic N) is 4. The van der Waals surface area contributed by atoms with Gasteiger partial charge in [-0.15, -0.1) is 11.3 Å². The number of rotatable bonds is 5. The van der Waals surface area contributed by atoms with E-state index in [2.05, 4.69) is 9.97 Å². The number of aryl methyl sites for hydroxylation is 1. The Balaban J connectivity index is 1.44. The van der Waals surface area contributed by atoms with E-state index in [0.29, 0.717) is 25.1 Å². The number of anilines is 1. The molecule has 1 aromatic carbocycles. The van der Waals surface area contributed by atoms with E-state index in [4.69, 9.17) is 0 Å². The smallest absolute Gasteiger partial charge is 0.271 e. The number of nitro benzene ring substituents is 1. The van der Waals surface area contributed by atoms with Crippen LogP contribution in [0.2, 0.25) is 0 Å².